The van der Waals surface area contributed by atoms with Crippen LogP contribution in [0.2, 0.25) is 0 Å². The number of nitrogens with one attached hydrogen (secondary N) is 1. The van der Waals surface area contributed by atoms with E-state index in [1.54, 1.807) is 18.3 Å². The molecule has 166 valence electrons. The number of hydrogen-bond donors (Lipinski definition) is 1. The van der Waals surface area contributed by atoms with E-state index in [4.69, 9.17) is 0 Å². The fourth-order valence-corrected chi connectivity index (χ4v) is 4.04. The van der Waals surface area contributed by atoms with Gasteiger partial charge in [0.15, 0.2) is 5.82 Å². The van der Waals surface area contributed by atoms with Gasteiger partial charge in [-0.05, 0) is 73.7 Å². The van der Waals surface area contributed by atoms with Crippen molar-refractivity contribution in [2.75, 3.05) is 23.3 Å². The highest BCUT2D eigenvalue weighted by Crippen LogP contribution is 2.25. The second-order valence-corrected chi connectivity index (χ2v) is 8.32. The molecule has 0 radical (unpaired) electrons. The Morgan fingerprint density at radius 2 is 1.91 bits per heavy atom. The number of nitrogens with zero attached hydrogens (tertiary/aromatic N) is 3. The van der Waals surface area contributed by atoms with Gasteiger partial charge in [-0.2, -0.15) is 0 Å². The molecular formula is C26H29FN4O. The number of halogens is 1. The number of carbonyl (C=O) groups excluding carboxylic acids is 1. The van der Waals surface area contributed by atoms with Crippen molar-refractivity contribution in [1.82, 2.24) is 9.97 Å². The first kappa shape index (κ1) is 21.9. The minimum Gasteiger partial charge on any atom is -0.356 e. The molecule has 32 heavy (non-hydrogen) atoms. The molecule has 4 rings (SSSR count). The van der Waals surface area contributed by atoms with Gasteiger partial charge in [-0.15, -0.1) is 0 Å². The number of rotatable bonds is 7. The van der Waals surface area contributed by atoms with Gasteiger partial charge in [0.25, 0.3) is 0 Å². The predicted molar refractivity (Wildman–Crippen MR) is 126 cm³/mol. The summed E-state index contributed by atoms with van der Waals surface area (Å²) in [5, 5.41) is 3.08. The summed E-state index contributed by atoms with van der Waals surface area (Å²) in [4.78, 5) is 24.0. The van der Waals surface area contributed by atoms with E-state index in [0.29, 0.717) is 12.4 Å². The highest BCUT2D eigenvalue weighted by atomic mass is 19.1. The first-order valence-corrected chi connectivity index (χ1v) is 11.4. The summed E-state index contributed by atoms with van der Waals surface area (Å²) in [5.74, 6) is 0.997. The maximum absolute atomic E-state index is 13.2. The largest absolute Gasteiger partial charge is 0.356 e. The Bertz CT molecular complexity index is 1040. The van der Waals surface area contributed by atoms with Gasteiger partial charge in [-0.25, -0.2) is 14.4 Å². The van der Waals surface area contributed by atoms with Crippen LogP contribution in [0.5, 0.6) is 0 Å². The summed E-state index contributed by atoms with van der Waals surface area (Å²) in [5.41, 5.74) is 2.91. The van der Waals surface area contributed by atoms with Gasteiger partial charge in [0.1, 0.15) is 11.6 Å². The summed E-state index contributed by atoms with van der Waals surface area (Å²) in [6.07, 6.45) is 6.91. The lowest BCUT2D eigenvalue weighted by molar-refractivity contribution is -0.120. The van der Waals surface area contributed by atoms with E-state index in [9.17, 15) is 9.18 Å². The molecule has 1 aliphatic heterocycles. The molecule has 1 fully saturated rings. The number of unbranched alkanes of at least 4 members (excludes halogenated alkanes) is 1. The zero-order valence-electron chi connectivity index (χ0n) is 18.4. The normalized spacial score (nSPS) is 16.1. The molecule has 0 spiro atoms. The van der Waals surface area contributed by atoms with Crippen LogP contribution in [0.1, 0.15) is 38.2 Å². The number of aryl methyl sites for hydroxylation is 1. The molecule has 2 aromatic carbocycles. The van der Waals surface area contributed by atoms with Crippen molar-refractivity contribution in [2.45, 2.75) is 39.0 Å². The van der Waals surface area contributed by atoms with Crippen molar-refractivity contribution in [3.05, 3.63) is 72.2 Å². The maximum atomic E-state index is 13.2. The average molecular weight is 433 g/mol. The SMILES string of the molecule is CCCCc1ccc(NC(=O)C2CCCN(c3ccnc(-c4ccc(F)cc4)n3)C2)cc1. The number of anilines is 2. The second kappa shape index (κ2) is 10.4. The molecule has 6 heteroatoms. The average Bonchev–Trinajstić information content (AvgIpc) is 2.84. The van der Waals surface area contributed by atoms with E-state index in [1.165, 1.54) is 30.5 Å². The van der Waals surface area contributed by atoms with E-state index in [-0.39, 0.29) is 17.6 Å². The molecule has 1 N–H and O–H groups in total. The number of hydrogen-bond acceptors (Lipinski definition) is 4. The van der Waals surface area contributed by atoms with E-state index in [2.05, 4.69) is 39.2 Å². The molecule has 1 saturated heterocycles. The first-order valence-electron chi connectivity index (χ1n) is 11.4. The lowest BCUT2D eigenvalue weighted by Crippen LogP contribution is -2.41. The van der Waals surface area contributed by atoms with Gasteiger partial charge in [0.05, 0.1) is 5.92 Å². The third-order valence-electron chi connectivity index (χ3n) is 5.90. The van der Waals surface area contributed by atoms with Crippen molar-refractivity contribution in [1.29, 1.82) is 0 Å². The van der Waals surface area contributed by atoms with Gasteiger partial charge < -0.3 is 10.2 Å². The van der Waals surface area contributed by atoms with E-state index in [0.717, 1.165) is 42.9 Å². The van der Waals surface area contributed by atoms with Crippen molar-refractivity contribution in [3.8, 4) is 11.4 Å². The topological polar surface area (TPSA) is 58.1 Å². The van der Waals surface area contributed by atoms with Crippen LogP contribution in [0.25, 0.3) is 11.4 Å². The zero-order chi connectivity index (χ0) is 22.3. The Kier molecular flexibility index (Phi) is 7.10. The Morgan fingerprint density at radius 3 is 2.66 bits per heavy atom. The summed E-state index contributed by atoms with van der Waals surface area (Å²) >= 11 is 0. The first-order chi connectivity index (χ1) is 15.6. The van der Waals surface area contributed by atoms with Gasteiger partial charge >= 0.3 is 0 Å². The molecular weight excluding hydrogens is 403 g/mol. The number of carbonyl (C=O) groups is 1. The van der Waals surface area contributed by atoms with E-state index < -0.39 is 0 Å². The predicted octanol–water partition coefficient (Wildman–Crippen LogP) is 5.48. The molecule has 1 aliphatic rings. The lowest BCUT2D eigenvalue weighted by Gasteiger charge is -2.33. The highest BCUT2D eigenvalue weighted by Gasteiger charge is 2.27. The van der Waals surface area contributed by atoms with Crippen molar-refractivity contribution in [2.24, 2.45) is 5.92 Å². The highest BCUT2D eigenvalue weighted by molar-refractivity contribution is 5.93. The van der Waals surface area contributed by atoms with Crippen LogP contribution in [-0.2, 0) is 11.2 Å². The summed E-state index contributed by atoms with van der Waals surface area (Å²) in [7, 11) is 0. The third-order valence-corrected chi connectivity index (χ3v) is 5.90. The smallest absolute Gasteiger partial charge is 0.229 e. The lowest BCUT2D eigenvalue weighted by atomic mass is 9.97. The van der Waals surface area contributed by atoms with E-state index in [1.807, 2.05) is 18.2 Å². The van der Waals surface area contributed by atoms with Crippen LogP contribution < -0.4 is 10.2 Å². The van der Waals surface area contributed by atoms with Crippen LogP contribution in [0, 0.1) is 11.7 Å². The van der Waals surface area contributed by atoms with Crippen LogP contribution in [0.3, 0.4) is 0 Å². The van der Waals surface area contributed by atoms with Crippen LogP contribution in [0.4, 0.5) is 15.9 Å². The summed E-state index contributed by atoms with van der Waals surface area (Å²) in [6.45, 7) is 3.64. The van der Waals surface area contributed by atoms with Gasteiger partial charge in [0.2, 0.25) is 5.91 Å². The van der Waals surface area contributed by atoms with Gasteiger partial charge in [0, 0.05) is 30.5 Å². The Labute approximate surface area is 188 Å². The Balaban J connectivity index is 1.40. The monoisotopic (exact) mass is 432 g/mol. The molecule has 0 aliphatic carbocycles. The summed E-state index contributed by atoms with van der Waals surface area (Å²) < 4.78 is 13.2. The molecule has 1 atom stereocenters. The van der Waals surface area contributed by atoms with Gasteiger partial charge in [-0.1, -0.05) is 25.5 Å². The molecule has 2 heterocycles. The number of aromatic nitrogens is 2. The second-order valence-electron chi connectivity index (χ2n) is 8.32. The number of piperidine rings is 1. The summed E-state index contributed by atoms with van der Waals surface area (Å²) in [6, 6.07) is 16.2. The van der Waals surface area contributed by atoms with Gasteiger partial charge in [-0.3, -0.25) is 4.79 Å². The maximum Gasteiger partial charge on any atom is 0.229 e. The van der Waals surface area contributed by atoms with Crippen molar-refractivity contribution in [3.63, 3.8) is 0 Å². The Hall–Kier alpha value is -3.28. The molecule has 1 aromatic heterocycles. The third kappa shape index (κ3) is 5.49. The van der Waals surface area contributed by atoms with Crippen LogP contribution >= 0.6 is 0 Å². The molecule has 0 bridgehead atoms. The van der Waals surface area contributed by atoms with Crippen LogP contribution in [0.15, 0.2) is 60.8 Å². The van der Waals surface area contributed by atoms with Crippen molar-refractivity contribution >= 4 is 17.4 Å². The fraction of sp³-hybridized carbons (Fsp3) is 0.346. The molecule has 3 aromatic rings. The number of amides is 1. The van der Waals surface area contributed by atoms with Crippen LogP contribution in [-0.4, -0.2) is 29.0 Å². The number of benzene rings is 2. The minimum atomic E-state index is -0.287. The molecule has 0 saturated carbocycles. The fourth-order valence-electron chi connectivity index (χ4n) is 4.04. The van der Waals surface area contributed by atoms with E-state index >= 15 is 0 Å². The molecule has 5 nitrogen and oxygen atoms in total. The molecule has 1 unspecified atom stereocenters. The standard InChI is InChI=1S/C26H29FN4O/c1-2-3-5-19-7-13-23(14-8-19)29-26(32)21-6-4-17-31(18-21)24-15-16-28-25(30-24)20-9-11-22(27)12-10-20/h7-16,21H,2-6,17-18H2,1H3,(H,29,32). The molecule has 1 amide bonds. The minimum absolute atomic E-state index is 0.0452. The quantitative estimate of drug-likeness (QED) is 0.537. The zero-order valence-corrected chi connectivity index (χ0v) is 18.4. The van der Waals surface area contributed by atoms with Crippen molar-refractivity contribution < 1.29 is 9.18 Å². The Morgan fingerprint density at radius 1 is 1.12 bits per heavy atom.